The molecule has 7 nitrogen and oxygen atoms in total. The molecule has 2 aromatic carbocycles. The molecule has 5 rings (SSSR count). The summed E-state index contributed by atoms with van der Waals surface area (Å²) in [5.74, 6) is -0.201. The molecule has 1 amide bonds. The van der Waals surface area contributed by atoms with Crippen molar-refractivity contribution in [1.82, 2.24) is 25.0 Å². The summed E-state index contributed by atoms with van der Waals surface area (Å²) in [5.41, 5.74) is 5.34. The van der Waals surface area contributed by atoms with Gasteiger partial charge in [-0.25, -0.2) is 9.67 Å². The Kier molecular flexibility index (Phi) is 5.89. The quantitative estimate of drug-likeness (QED) is 0.329. The molecule has 0 aliphatic carbocycles. The van der Waals surface area contributed by atoms with Crippen molar-refractivity contribution in [2.24, 2.45) is 0 Å². The number of hydrogen-bond donors (Lipinski definition) is 1. The Morgan fingerprint density at radius 1 is 1.09 bits per heavy atom. The highest BCUT2D eigenvalue weighted by Gasteiger charge is 2.19. The molecule has 0 spiro atoms. The number of aromatic nitrogens is 5. The number of nitrogens with zero attached hydrogens (tertiary/aromatic N) is 5. The summed E-state index contributed by atoms with van der Waals surface area (Å²) >= 11 is 3.03. The van der Waals surface area contributed by atoms with Gasteiger partial charge < -0.3 is 5.32 Å². The van der Waals surface area contributed by atoms with Crippen LogP contribution in [0.25, 0.3) is 22.3 Å². The number of carbonyl (C=O) groups excluding carboxylic acids is 1. The average Bonchev–Trinajstić information content (AvgIpc) is 3.50. The van der Waals surface area contributed by atoms with Crippen molar-refractivity contribution in [3.63, 3.8) is 0 Å². The van der Waals surface area contributed by atoms with E-state index in [2.05, 4.69) is 20.6 Å². The summed E-state index contributed by atoms with van der Waals surface area (Å²) < 4.78 is 2.72. The Bertz CT molecular complexity index is 1400. The molecule has 0 saturated heterocycles. The van der Waals surface area contributed by atoms with E-state index in [0.29, 0.717) is 16.9 Å². The minimum absolute atomic E-state index is 0.120. The van der Waals surface area contributed by atoms with Gasteiger partial charge in [-0.1, -0.05) is 53.4 Å². The first-order valence-electron chi connectivity index (χ1n) is 10.4. The first-order valence-corrected chi connectivity index (χ1v) is 12.1. The molecule has 0 aliphatic rings. The predicted molar refractivity (Wildman–Crippen MR) is 132 cm³/mol. The molecular formula is C24H20N6OS2. The van der Waals surface area contributed by atoms with Gasteiger partial charge in [0.2, 0.25) is 0 Å². The summed E-state index contributed by atoms with van der Waals surface area (Å²) in [5, 5.41) is 16.1. The molecular weight excluding hydrogens is 452 g/mol. The zero-order valence-corrected chi connectivity index (χ0v) is 19.6. The maximum absolute atomic E-state index is 13.3. The Balaban J connectivity index is 1.47. The third-order valence-electron chi connectivity index (χ3n) is 5.03. The fourth-order valence-electron chi connectivity index (χ4n) is 3.45. The van der Waals surface area contributed by atoms with Gasteiger partial charge in [-0.15, -0.1) is 10.2 Å². The van der Waals surface area contributed by atoms with Gasteiger partial charge in [0.05, 0.1) is 22.8 Å². The maximum Gasteiger partial charge on any atom is 0.256 e. The molecule has 0 unspecified atom stereocenters. The van der Waals surface area contributed by atoms with Crippen LogP contribution in [0.4, 0.5) is 5.69 Å². The molecule has 1 N–H and O–H groups in total. The number of amides is 1. The molecule has 0 atom stereocenters. The van der Waals surface area contributed by atoms with E-state index < -0.39 is 0 Å². The highest BCUT2D eigenvalue weighted by molar-refractivity contribution is 8.01. The van der Waals surface area contributed by atoms with E-state index in [1.807, 2.05) is 79.2 Å². The van der Waals surface area contributed by atoms with E-state index in [0.717, 1.165) is 25.9 Å². The lowest BCUT2D eigenvalue weighted by molar-refractivity contribution is 0.102. The summed E-state index contributed by atoms with van der Waals surface area (Å²) in [4.78, 5) is 19.2. The zero-order valence-electron chi connectivity index (χ0n) is 18.0. The van der Waals surface area contributed by atoms with E-state index in [1.165, 1.54) is 23.1 Å². The topological polar surface area (TPSA) is 85.6 Å². The Morgan fingerprint density at radius 3 is 2.58 bits per heavy atom. The van der Waals surface area contributed by atoms with Crippen LogP contribution in [0.1, 0.15) is 30.2 Å². The summed E-state index contributed by atoms with van der Waals surface area (Å²) in [6.07, 6.45) is 1.72. The number of pyridine rings is 1. The standard InChI is InChI=1S/C24H20N6OS2/c1-15(2)30-22-20(13-26-30)19(12-21(28-22)16-6-4-3-5-7-16)23(31)27-17-8-10-18(11-9-17)33-24-29-25-14-32-24/h3-15H,1-2H3,(H,27,31). The van der Waals surface area contributed by atoms with Crippen LogP contribution in [0.2, 0.25) is 0 Å². The molecule has 0 aliphatic heterocycles. The van der Waals surface area contributed by atoms with Crippen LogP contribution in [-0.2, 0) is 0 Å². The van der Waals surface area contributed by atoms with Crippen LogP contribution >= 0.6 is 23.1 Å². The molecule has 33 heavy (non-hydrogen) atoms. The minimum Gasteiger partial charge on any atom is -0.322 e. The number of rotatable bonds is 6. The highest BCUT2D eigenvalue weighted by atomic mass is 32.2. The monoisotopic (exact) mass is 472 g/mol. The molecule has 3 aromatic heterocycles. The van der Waals surface area contributed by atoms with Gasteiger partial charge in [-0.05, 0) is 44.2 Å². The SMILES string of the molecule is CC(C)n1ncc2c(C(=O)Nc3ccc(Sc4nncs4)cc3)cc(-c3ccccc3)nc21. The van der Waals surface area contributed by atoms with E-state index in [4.69, 9.17) is 4.98 Å². The van der Waals surface area contributed by atoms with Crippen molar-refractivity contribution in [3.05, 3.63) is 77.9 Å². The lowest BCUT2D eigenvalue weighted by atomic mass is 10.1. The Morgan fingerprint density at radius 2 is 1.88 bits per heavy atom. The first-order chi connectivity index (χ1) is 16.1. The van der Waals surface area contributed by atoms with Crippen LogP contribution in [-0.4, -0.2) is 30.9 Å². The van der Waals surface area contributed by atoms with Gasteiger partial charge in [0.15, 0.2) is 9.99 Å². The summed E-state index contributed by atoms with van der Waals surface area (Å²) in [7, 11) is 0. The molecule has 9 heteroatoms. The van der Waals surface area contributed by atoms with Crippen LogP contribution in [0.3, 0.4) is 0 Å². The van der Waals surface area contributed by atoms with Crippen LogP contribution in [0.5, 0.6) is 0 Å². The number of fused-ring (bicyclic) bond motifs is 1. The second-order valence-electron chi connectivity index (χ2n) is 7.63. The van der Waals surface area contributed by atoms with Crippen molar-refractivity contribution in [1.29, 1.82) is 0 Å². The van der Waals surface area contributed by atoms with Crippen LogP contribution in [0, 0.1) is 0 Å². The molecule has 0 bridgehead atoms. The Labute approximate surface area is 198 Å². The van der Waals surface area contributed by atoms with Crippen molar-refractivity contribution in [2.75, 3.05) is 5.32 Å². The molecule has 3 heterocycles. The molecule has 5 aromatic rings. The van der Waals surface area contributed by atoms with Crippen molar-refractivity contribution >= 4 is 45.7 Å². The smallest absolute Gasteiger partial charge is 0.256 e. The predicted octanol–water partition coefficient (Wildman–Crippen LogP) is 5.93. The molecule has 164 valence electrons. The molecule has 0 fully saturated rings. The zero-order chi connectivity index (χ0) is 22.8. The van der Waals surface area contributed by atoms with Crippen LogP contribution in [0.15, 0.2) is 81.6 Å². The highest BCUT2D eigenvalue weighted by Crippen LogP contribution is 2.30. The maximum atomic E-state index is 13.3. The second-order valence-corrected chi connectivity index (χ2v) is 9.78. The van der Waals surface area contributed by atoms with Gasteiger partial charge in [-0.2, -0.15) is 5.10 Å². The number of anilines is 1. The van der Waals surface area contributed by atoms with Gasteiger partial charge in [0, 0.05) is 22.2 Å². The lowest BCUT2D eigenvalue weighted by Crippen LogP contribution is -2.13. The number of carbonyl (C=O) groups is 1. The fourth-order valence-corrected chi connectivity index (χ4v) is 4.90. The fraction of sp³-hybridized carbons (Fsp3) is 0.125. The minimum atomic E-state index is -0.201. The summed E-state index contributed by atoms with van der Waals surface area (Å²) in [6.45, 7) is 4.09. The van der Waals surface area contributed by atoms with Crippen LogP contribution < -0.4 is 5.32 Å². The number of hydrogen-bond acceptors (Lipinski definition) is 7. The van der Waals surface area contributed by atoms with Gasteiger partial charge in [0.1, 0.15) is 5.51 Å². The van der Waals surface area contributed by atoms with Crippen molar-refractivity contribution in [2.45, 2.75) is 29.1 Å². The van der Waals surface area contributed by atoms with E-state index in [-0.39, 0.29) is 11.9 Å². The third kappa shape index (κ3) is 4.50. The van der Waals surface area contributed by atoms with Crippen molar-refractivity contribution in [3.8, 4) is 11.3 Å². The number of benzene rings is 2. The number of nitrogens with one attached hydrogen (secondary N) is 1. The van der Waals surface area contributed by atoms with Crippen molar-refractivity contribution < 1.29 is 4.79 Å². The Hall–Kier alpha value is -3.56. The van der Waals surface area contributed by atoms with E-state index >= 15 is 0 Å². The lowest BCUT2D eigenvalue weighted by Gasteiger charge is -2.11. The summed E-state index contributed by atoms with van der Waals surface area (Å²) in [6, 6.07) is 19.5. The third-order valence-corrected chi connectivity index (χ3v) is 6.81. The van der Waals surface area contributed by atoms with E-state index in [1.54, 1.807) is 11.7 Å². The normalized spacial score (nSPS) is 11.2. The second kappa shape index (κ2) is 9.13. The largest absolute Gasteiger partial charge is 0.322 e. The van der Waals surface area contributed by atoms with Gasteiger partial charge in [0.25, 0.3) is 5.91 Å². The van der Waals surface area contributed by atoms with E-state index in [9.17, 15) is 4.79 Å². The van der Waals surface area contributed by atoms with Gasteiger partial charge in [-0.3, -0.25) is 4.79 Å². The first kappa shape index (κ1) is 21.3. The molecule has 0 saturated carbocycles. The average molecular weight is 473 g/mol. The van der Waals surface area contributed by atoms with Gasteiger partial charge >= 0.3 is 0 Å². The molecule has 0 radical (unpaired) electrons.